The van der Waals surface area contributed by atoms with Crippen molar-refractivity contribution in [1.29, 1.82) is 0 Å². The third kappa shape index (κ3) is 6.97. The second-order valence-electron chi connectivity index (χ2n) is 8.58. The smallest absolute Gasteiger partial charge is 0.230 e. The summed E-state index contributed by atoms with van der Waals surface area (Å²) in [7, 11) is 5.55. The van der Waals surface area contributed by atoms with Crippen LogP contribution in [-0.2, 0) is 4.79 Å². The van der Waals surface area contributed by atoms with E-state index in [1.54, 1.807) is 4.90 Å². The lowest BCUT2D eigenvalue weighted by Gasteiger charge is -2.38. The molecule has 0 atom stereocenters. The van der Waals surface area contributed by atoms with E-state index in [2.05, 4.69) is 20.1 Å². The molecular weight excluding hydrogens is 505 g/mol. The van der Waals surface area contributed by atoms with Crippen molar-refractivity contribution in [2.75, 3.05) is 67.0 Å². The highest BCUT2D eigenvalue weighted by molar-refractivity contribution is 14.0. The molecule has 8 heteroatoms. The van der Waals surface area contributed by atoms with Gasteiger partial charge in [0.1, 0.15) is 12.4 Å². The van der Waals surface area contributed by atoms with Crippen molar-refractivity contribution in [3.63, 3.8) is 0 Å². The Hall–Kier alpha value is -1.55. The van der Waals surface area contributed by atoms with Crippen LogP contribution in [0.4, 0.5) is 0 Å². The van der Waals surface area contributed by atoms with Crippen LogP contribution < -0.4 is 10.1 Å². The fraction of sp³-hybridized carbons (Fsp3) is 0.652. The van der Waals surface area contributed by atoms with Crippen molar-refractivity contribution in [2.45, 2.75) is 25.7 Å². The van der Waals surface area contributed by atoms with Gasteiger partial charge < -0.3 is 19.9 Å². The van der Waals surface area contributed by atoms with E-state index in [1.165, 1.54) is 0 Å². The molecule has 3 rings (SSSR count). The van der Waals surface area contributed by atoms with Crippen LogP contribution in [0.25, 0.3) is 0 Å². The second kappa shape index (κ2) is 12.5. The predicted molar refractivity (Wildman–Crippen MR) is 136 cm³/mol. The minimum Gasteiger partial charge on any atom is -0.492 e. The molecule has 0 aromatic heterocycles. The van der Waals surface area contributed by atoms with Crippen LogP contribution in [0, 0.1) is 5.41 Å². The molecule has 174 valence electrons. The zero-order valence-electron chi connectivity index (χ0n) is 19.2. The van der Waals surface area contributed by atoms with E-state index in [0.717, 1.165) is 70.1 Å². The lowest BCUT2D eigenvalue weighted by molar-refractivity contribution is -0.138. The number of guanidine groups is 1. The summed E-state index contributed by atoms with van der Waals surface area (Å²) in [6.45, 7) is 6.13. The molecule has 0 unspecified atom stereocenters. The van der Waals surface area contributed by atoms with Gasteiger partial charge in [-0.25, -0.2) is 0 Å². The Morgan fingerprint density at radius 3 is 2.35 bits per heavy atom. The largest absolute Gasteiger partial charge is 0.492 e. The minimum atomic E-state index is -0.282. The summed E-state index contributed by atoms with van der Waals surface area (Å²) in [6, 6.07) is 9.97. The van der Waals surface area contributed by atoms with Gasteiger partial charge in [0.2, 0.25) is 5.91 Å². The van der Waals surface area contributed by atoms with Crippen molar-refractivity contribution in [3.8, 4) is 5.75 Å². The fourth-order valence-corrected chi connectivity index (χ4v) is 4.57. The number of benzene rings is 1. The number of carbonyl (C=O) groups is 1. The van der Waals surface area contributed by atoms with Gasteiger partial charge in [0.15, 0.2) is 5.96 Å². The van der Waals surface area contributed by atoms with Gasteiger partial charge in [-0.1, -0.05) is 31.0 Å². The number of halogens is 1. The number of hydrogen-bond acceptors (Lipinski definition) is 4. The summed E-state index contributed by atoms with van der Waals surface area (Å²) in [6.07, 6.45) is 4.18. The minimum absolute atomic E-state index is 0. The summed E-state index contributed by atoms with van der Waals surface area (Å²) in [5, 5.41) is 3.52. The number of carbonyl (C=O) groups excluding carboxylic acids is 1. The van der Waals surface area contributed by atoms with Gasteiger partial charge in [-0.05, 0) is 25.0 Å². The van der Waals surface area contributed by atoms with E-state index in [-0.39, 0.29) is 35.3 Å². The quantitative estimate of drug-likeness (QED) is 0.326. The first-order chi connectivity index (χ1) is 14.5. The van der Waals surface area contributed by atoms with E-state index < -0.39 is 0 Å². The van der Waals surface area contributed by atoms with Crippen molar-refractivity contribution >= 4 is 35.8 Å². The van der Waals surface area contributed by atoms with Gasteiger partial charge in [-0.15, -0.1) is 24.0 Å². The van der Waals surface area contributed by atoms with Crippen molar-refractivity contribution in [1.82, 2.24) is 20.0 Å². The molecule has 1 saturated carbocycles. The number of piperazine rings is 1. The number of para-hydroxylation sites is 1. The number of nitrogens with one attached hydrogen (secondary N) is 1. The van der Waals surface area contributed by atoms with Crippen LogP contribution in [0.15, 0.2) is 35.3 Å². The highest BCUT2D eigenvalue weighted by atomic mass is 127. The van der Waals surface area contributed by atoms with Crippen LogP contribution in [0.3, 0.4) is 0 Å². The molecule has 1 N–H and O–H groups in total. The first-order valence-electron chi connectivity index (χ1n) is 11.1. The van der Waals surface area contributed by atoms with Gasteiger partial charge in [0.25, 0.3) is 0 Å². The molecule has 2 aliphatic rings. The molecule has 0 bridgehead atoms. The molecule has 1 aromatic carbocycles. The number of amides is 1. The van der Waals surface area contributed by atoms with Crippen molar-refractivity contribution in [3.05, 3.63) is 30.3 Å². The SMILES string of the molecule is CN=C(NCC1(C(=O)N(C)C)CCCC1)N1CCN(CCOc2ccccc2)CC1.I. The molecule has 0 spiro atoms. The molecule has 7 nitrogen and oxygen atoms in total. The summed E-state index contributed by atoms with van der Waals surface area (Å²) in [5.74, 6) is 2.08. The Kier molecular flexibility index (Phi) is 10.3. The van der Waals surface area contributed by atoms with E-state index >= 15 is 0 Å². The third-order valence-corrected chi connectivity index (χ3v) is 6.31. The molecule has 1 aromatic rings. The van der Waals surface area contributed by atoms with Crippen LogP contribution in [-0.4, -0.2) is 93.6 Å². The molecule has 2 fully saturated rings. The van der Waals surface area contributed by atoms with Crippen LogP contribution in [0.5, 0.6) is 5.75 Å². The third-order valence-electron chi connectivity index (χ3n) is 6.31. The van der Waals surface area contributed by atoms with Crippen molar-refractivity contribution < 1.29 is 9.53 Å². The number of nitrogens with zero attached hydrogens (tertiary/aromatic N) is 4. The Labute approximate surface area is 204 Å². The summed E-state index contributed by atoms with van der Waals surface area (Å²) in [5.41, 5.74) is -0.282. The molecule has 31 heavy (non-hydrogen) atoms. The van der Waals surface area contributed by atoms with Gasteiger partial charge in [-0.3, -0.25) is 14.7 Å². The molecule has 1 amide bonds. The summed E-state index contributed by atoms with van der Waals surface area (Å²) < 4.78 is 5.83. The average molecular weight is 543 g/mol. The first-order valence-corrected chi connectivity index (χ1v) is 11.1. The van der Waals surface area contributed by atoms with Gasteiger partial charge in [0, 0.05) is 60.4 Å². The standard InChI is InChI=1S/C23H37N5O2.HI/c1-24-22(25-19-23(11-7-8-12-23)21(29)26(2)3)28-15-13-27(14-16-28)17-18-30-20-9-5-4-6-10-20;/h4-6,9-10H,7-8,11-19H2,1-3H3,(H,24,25);1H. The zero-order chi connectivity index (χ0) is 21.4. The number of aliphatic imine (C=N–C) groups is 1. The highest BCUT2D eigenvalue weighted by Crippen LogP contribution is 2.39. The Morgan fingerprint density at radius 1 is 1.13 bits per heavy atom. The molecule has 0 radical (unpaired) electrons. The zero-order valence-corrected chi connectivity index (χ0v) is 21.5. The number of ether oxygens (including phenoxy) is 1. The van der Waals surface area contributed by atoms with E-state index in [9.17, 15) is 4.79 Å². The predicted octanol–water partition coefficient (Wildman–Crippen LogP) is 2.53. The normalized spacial score (nSPS) is 18.9. The monoisotopic (exact) mass is 543 g/mol. The maximum atomic E-state index is 12.8. The lowest BCUT2D eigenvalue weighted by Crippen LogP contribution is -2.55. The van der Waals surface area contributed by atoms with E-state index in [0.29, 0.717) is 13.2 Å². The maximum Gasteiger partial charge on any atom is 0.230 e. The topological polar surface area (TPSA) is 60.4 Å². The Morgan fingerprint density at radius 2 is 1.77 bits per heavy atom. The first kappa shape index (κ1) is 25.7. The van der Waals surface area contributed by atoms with Crippen LogP contribution in [0.1, 0.15) is 25.7 Å². The Bertz CT molecular complexity index is 699. The lowest BCUT2D eigenvalue weighted by atomic mass is 9.84. The van der Waals surface area contributed by atoms with Gasteiger partial charge in [0.05, 0.1) is 5.41 Å². The number of hydrogen-bond donors (Lipinski definition) is 1. The van der Waals surface area contributed by atoms with E-state index in [1.807, 2.05) is 51.5 Å². The fourth-order valence-electron chi connectivity index (χ4n) is 4.57. The van der Waals surface area contributed by atoms with E-state index in [4.69, 9.17) is 4.74 Å². The maximum absolute atomic E-state index is 12.8. The van der Waals surface area contributed by atoms with Gasteiger partial charge in [-0.2, -0.15) is 0 Å². The van der Waals surface area contributed by atoms with Crippen molar-refractivity contribution in [2.24, 2.45) is 10.4 Å². The molecule has 1 aliphatic carbocycles. The van der Waals surface area contributed by atoms with Crippen LogP contribution in [0.2, 0.25) is 0 Å². The second-order valence-corrected chi connectivity index (χ2v) is 8.58. The average Bonchev–Trinajstić information content (AvgIpc) is 3.25. The Balaban J connectivity index is 0.00000341. The molecule has 1 heterocycles. The van der Waals surface area contributed by atoms with Crippen LogP contribution >= 0.6 is 24.0 Å². The number of rotatable bonds is 7. The highest BCUT2D eigenvalue weighted by Gasteiger charge is 2.42. The molecule has 1 aliphatic heterocycles. The van der Waals surface area contributed by atoms with Gasteiger partial charge >= 0.3 is 0 Å². The molecule has 1 saturated heterocycles. The summed E-state index contributed by atoms with van der Waals surface area (Å²) >= 11 is 0. The summed E-state index contributed by atoms with van der Waals surface area (Å²) in [4.78, 5) is 23.8. The molecular formula is C23H38IN5O2.